The van der Waals surface area contributed by atoms with Gasteiger partial charge in [-0.2, -0.15) is 4.98 Å². The fourth-order valence-corrected chi connectivity index (χ4v) is 2.04. The second-order valence-electron chi connectivity index (χ2n) is 5.20. The van der Waals surface area contributed by atoms with Crippen molar-refractivity contribution in [3.05, 3.63) is 47.6 Å². The molecule has 1 unspecified atom stereocenters. The fourth-order valence-electron chi connectivity index (χ4n) is 2.04. The van der Waals surface area contributed by atoms with Gasteiger partial charge in [0.15, 0.2) is 5.82 Å². The highest BCUT2D eigenvalue weighted by molar-refractivity contribution is 5.14. The lowest BCUT2D eigenvalue weighted by atomic mass is 10.1. The fraction of sp³-hybridized carbons (Fsp3) is 0.467. The highest BCUT2D eigenvalue weighted by atomic mass is 16.5. The highest BCUT2D eigenvalue weighted by Crippen LogP contribution is 2.15. The third kappa shape index (κ3) is 3.88. The average molecular weight is 275 g/mol. The third-order valence-corrected chi connectivity index (χ3v) is 3.12. The molecule has 0 aliphatic rings. The molecule has 0 fully saturated rings. The van der Waals surface area contributed by atoms with E-state index < -0.39 is 5.54 Å². The molecular formula is C15H21N3O2. The smallest absolute Gasteiger partial charge is 0.226 e. The number of aryl methyl sites for hydroxylation is 2. The number of nitrogens with zero attached hydrogens (tertiary/aromatic N) is 2. The number of ether oxygens (including phenoxy) is 1. The van der Waals surface area contributed by atoms with Gasteiger partial charge < -0.3 is 15.0 Å². The second-order valence-corrected chi connectivity index (χ2v) is 5.20. The van der Waals surface area contributed by atoms with Crippen LogP contribution in [0.25, 0.3) is 0 Å². The van der Waals surface area contributed by atoms with Crippen LogP contribution in [0.5, 0.6) is 0 Å². The quantitative estimate of drug-likeness (QED) is 0.837. The summed E-state index contributed by atoms with van der Waals surface area (Å²) in [5, 5.41) is 3.94. The van der Waals surface area contributed by atoms with Crippen molar-refractivity contribution in [3.63, 3.8) is 0 Å². The summed E-state index contributed by atoms with van der Waals surface area (Å²) in [4.78, 5) is 4.35. The second kappa shape index (κ2) is 6.63. The van der Waals surface area contributed by atoms with Gasteiger partial charge in [0.05, 0.1) is 6.61 Å². The van der Waals surface area contributed by atoms with E-state index in [9.17, 15) is 0 Å². The van der Waals surface area contributed by atoms with Crippen molar-refractivity contribution in [1.29, 1.82) is 0 Å². The van der Waals surface area contributed by atoms with Crippen molar-refractivity contribution >= 4 is 0 Å². The third-order valence-electron chi connectivity index (χ3n) is 3.12. The summed E-state index contributed by atoms with van der Waals surface area (Å²) >= 11 is 0. The zero-order chi connectivity index (χ0) is 14.4. The van der Waals surface area contributed by atoms with Crippen LogP contribution in [0.15, 0.2) is 34.9 Å². The molecule has 20 heavy (non-hydrogen) atoms. The zero-order valence-corrected chi connectivity index (χ0v) is 12.0. The largest absolute Gasteiger partial charge is 0.382 e. The minimum Gasteiger partial charge on any atom is -0.382 e. The van der Waals surface area contributed by atoms with Crippen molar-refractivity contribution in [1.82, 2.24) is 10.1 Å². The Balaban J connectivity index is 1.87. The van der Waals surface area contributed by atoms with E-state index in [0.717, 1.165) is 19.3 Å². The molecule has 0 aliphatic carbocycles. The molecule has 0 saturated carbocycles. The number of aromatic nitrogens is 2. The van der Waals surface area contributed by atoms with Crippen LogP contribution in [0.1, 0.15) is 30.6 Å². The molecule has 2 rings (SSSR count). The van der Waals surface area contributed by atoms with E-state index >= 15 is 0 Å². The SMILES string of the molecule is COCC(C)(N)c1noc(CCCc2ccccc2)n1. The molecular weight excluding hydrogens is 254 g/mol. The van der Waals surface area contributed by atoms with Gasteiger partial charge in [0.2, 0.25) is 5.89 Å². The first-order valence-corrected chi connectivity index (χ1v) is 6.76. The molecule has 0 aliphatic heterocycles. The van der Waals surface area contributed by atoms with E-state index in [2.05, 4.69) is 22.3 Å². The van der Waals surface area contributed by atoms with Gasteiger partial charge in [0.25, 0.3) is 0 Å². The Labute approximate surface area is 119 Å². The van der Waals surface area contributed by atoms with E-state index in [4.69, 9.17) is 15.0 Å². The van der Waals surface area contributed by atoms with Crippen LogP contribution >= 0.6 is 0 Å². The Bertz CT molecular complexity index is 523. The van der Waals surface area contributed by atoms with E-state index in [1.165, 1.54) is 5.56 Å². The number of hydrogen-bond acceptors (Lipinski definition) is 5. The summed E-state index contributed by atoms with van der Waals surface area (Å²) in [6.45, 7) is 2.19. The lowest BCUT2D eigenvalue weighted by molar-refractivity contribution is 0.135. The predicted octanol–water partition coefficient (Wildman–Crippen LogP) is 2.07. The molecule has 1 aromatic heterocycles. The Kier molecular flexibility index (Phi) is 4.87. The first kappa shape index (κ1) is 14.7. The van der Waals surface area contributed by atoms with E-state index in [0.29, 0.717) is 18.3 Å². The maximum atomic E-state index is 6.07. The van der Waals surface area contributed by atoms with E-state index in [1.807, 2.05) is 25.1 Å². The van der Waals surface area contributed by atoms with Gasteiger partial charge in [0.1, 0.15) is 5.54 Å². The Morgan fingerprint density at radius 1 is 1.25 bits per heavy atom. The van der Waals surface area contributed by atoms with Crippen LogP contribution in [0.2, 0.25) is 0 Å². The minimum atomic E-state index is -0.712. The van der Waals surface area contributed by atoms with Crippen LogP contribution in [0, 0.1) is 0 Å². The summed E-state index contributed by atoms with van der Waals surface area (Å²) in [5.74, 6) is 1.12. The number of methoxy groups -OCH3 is 1. The van der Waals surface area contributed by atoms with Crippen molar-refractivity contribution in [2.45, 2.75) is 31.7 Å². The number of benzene rings is 1. The molecule has 2 N–H and O–H groups in total. The number of hydrogen-bond donors (Lipinski definition) is 1. The van der Waals surface area contributed by atoms with Crippen LogP contribution in [0.3, 0.4) is 0 Å². The van der Waals surface area contributed by atoms with Gasteiger partial charge in [0, 0.05) is 13.5 Å². The molecule has 0 radical (unpaired) electrons. The molecule has 5 heteroatoms. The Morgan fingerprint density at radius 3 is 2.70 bits per heavy atom. The Hall–Kier alpha value is -1.72. The molecule has 0 spiro atoms. The molecule has 0 bridgehead atoms. The van der Waals surface area contributed by atoms with Gasteiger partial charge in [-0.1, -0.05) is 35.5 Å². The maximum Gasteiger partial charge on any atom is 0.226 e. The summed E-state index contributed by atoms with van der Waals surface area (Å²) in [5.41, 5.74) is 6.67. The van der Waals surface area contributed by atoms with Gasteiger partial charge >= 0.3 is 0 Å². The van der Waals surface area contributed by atoms with E-state index in [-0.39, 0.29) is 0 Å². The summed E-state index contributed by atoms with van der Waals surface area (Å²) in [6.07, 6.45) is 2.72. The highest BCUT2D eigenvalue weighted by Gasteiger charge is 2.27. The lowest BCUT2D eigenvalue weighted by Gasteiger charge is -2.18. The average Bonchev–Trinajstić information content (AvgIpc) is 2.90. The molecule has 1 aromatic carbocycles. The number of nitrogens with two attached hydrogens (primary N) is 1. The molecule has 0 amide bonds. The van der Waals surface area contributed by atoms with Crippen molar-refractivity contribution in [2.75, 3.05) is 13.7 Å². The van der Waals surface area contributed by atoms with E-state index in [1.54, 1.807) is 7.11 Å². The number of rotatable bonds is 7. The van der Waals surface area contributed by atoms with Crippen molar-refractivity contribution in [2.24, 2.45) is 5.73 Å². The Morgan fingerprint density at radius 2 is 2.00 bits per heavy atom. The lowest BCUT2D eigenvalue weighted by Crippen LogP contribution is -2.39. The van der Waals surface area contributed by atoms with Crippen LogP contribution < -0.4 is 5.73 Å². The normalized spacial score (nSPS) is 14.2. The first-order chi connectivity index (χ1) is 9.62. The van der Waals surface area contributed by atoms with Crippen LogP contribution in [0.4, 0.5) is 0 Å². The molecule has 108 valence electrons. The van der Waals surface area contributed by atoms with Crippen molar-refractivity contribution in [3.8, 4) is 0 Å². The molecule has 2 aromatic rings. The van der Waals surface area contributed by atoms with Gasteiger partial charge in [-0.05, 0) is 25.3 Å². The summed E-state index contributed by atoms with van der Waals surface area (Å²) in [7, 11) is 1.60. The standard InChI is InChI=1S/C15H21N3O2/c1-15(16,11-19-2)14-17-13(20-18-14)10-6-9-12-7-4-3-5-8-12/h3-5,7-8H,6,9-11,16H2,1-2H3. The van der Waals surface area contributed by atoms with Gasteiger partial charge in [-0.3, -0.25) is 0 Å². The molecule has 0 saturated heterocycles. The van der Waals surface area contributed by atoms with Crippen LogP contribution in [-0.2, 0) is 23.1 Å². The predicted molar refractivity (Wildman–Crippen MR) is 76.2 cm³/mol. The van der Waals surface area contributed by atoms with Gasteiger partial charge in [-0.15, -0.1) is 0 Å². The first-order valence-electron chi connectivity index (χ1n) is 6.76. The molecule has 1 heterocycles. The minimum absolute atomic E-state index is 0.357. The topological polar surface area (TPSA) is 74.2 Å². The van der Waals surface area contributed by atoms with Gasteiger partial charge in [-0.25, -0.2) is 0 Å². The monoisotopic (exact) mass is 275 g/mol. The molecule has 1 atom stereocenters. The maximum absolute atomic E-state index is 6.07. The summed E-state index contributed by atoms with van der Waals surface area (Å²) < 4.78 is 10.3. The van der Waals surface area contributed by atoms with Crippen LogP contribution in [-0.4, -0.2) is 23.9 Å². The molecule has 5 nitrogen and oxygen atoms in total. The zero-order valence-electron chi connectivity index (χ0n) is 12.0. The van der Waals surface area contributed by atoms with Crippen molar-refractivity contribution < 1.29 is 9.26 Å². The summed E-state index contributed by atoms with van der Waals surface area (Å²) in [6, 6.07) is 10.4.